The molecule has 1 atom stereocenters. The number of fused-ring (bicyclic) bond motifs is 1. The molecule has 0 bridgehead atoms. The zero-order valence-electron chi connectivity index (χ0n) is 12.1. The van der Waals surface area contributed by atoms with Crippen LogP contribution in [-0.4, -0.2) is 30.8 Å². The van der Waals surface area contributed by atoms with Crippen LogP contribution < -0.4 is 0 Å². The van der Waals surface area contributed by atoms with Gasteiger partial charge in [0.2, 0.25) is 0 Å². The summed E-state index contributed by atoms with van der Waals surface area (Å²) in [7, 11) is 0. The molecule has 2 aromatic carbocycles. The number of alkyl halides is 3. The van der Waals surface area contributed by atoms with Crippen molar-refractivity contribution in [3.8, 4) is 0 Å². The lowest BCUT2D eigenvalue weighted by molar-refractivity contribution is -0.218. The number of hydrogen-bond donors (Lipinski definition) is 0. The van der Waals surface area contributed by atoms with Gasteiger partial charge in [-0.1, -0.05) is 30.3 Å². The Morgan fingerprint density at radius 2 is 1.74 bits per heavy atom. The van der Waals surface area contributed by atoms with E-state index in [-0.39, 0.29) is 12.2 Å². The van der Waals surface area contributed by atoms with Gasteiger partial charge in [0.1, 0.15) is 0 Å². The zero-order chi connectivity index (χ0) is 17.0. The van der Waals surface area contributed by atoms with Crippen LogP contribution in [0.3, 0.4) is 0 Å². The molecule has 0 aliphatic heterocycles. The number of ether oxygens (including phenoxy) is 2. The molecule has 0 fully saturated rings. The lowest BCUT2D eigenvalue weighted by Crippen LogP contribution is -2.41. The van der Waals surface area contributed by atoms with E-state index in [1.54, 1.807) is 30.3 Å². The Balaban J connectivity index is 2.24. The third-order valence-electron chi connectivity index (χ3n) is 3.01. The third-order valence-corrected chi connectivity index (χ3v) is 3.01. The van der Waals surface area contributed by atoms with Gasteiger partial charge >= 0.3 is 18.1 Å². The smallest absolute Gasteiger partial charge is 0.436 e. The van der Waals surface area contributed by atoms with Crippen molar-refractivity contribution < 1.29 is 32.2 Å². The Hall–Kier alpha value is -2.57. The van der Waals surface area contributed by atoms with Crippen molar-refractivity contribution in [2.45, 2.75) is 19.2 Å². The van der Waals surface area contributed by atoms with Crippen molar-refractivity contribution in [3.63, 3.8) is 0 Å². The van der Waals surface area contributed by atoms with Crippen LogP contribution in [0.4, 0.5) is 13.2 Å². The number of carbonyl (C=O) groups is 2. The molecule has 0 radical (unpaired) electrons. The normalized spacial score (nSPS) is 12.7. The van der Waals surface area contributed by atoms with Gasteiger partial charge in [0, 0.05) is 0 Å². The minimum atomic E-state index is -5.04. The fourth-order valence-corrected chi connectivity index (χ4v) is 1.96. The maximum absolute atomic E-state index is 12.8. The molecule has 122 valence electrons. The van der Waals surface area contributed by atoms with E-state index < -0.39 is 24.2 Å². The Morgan fingerprint density at radius 1 is 1.09 bits per heavy atom. The number of rotatable bonds is 4. The van der Waals surface area contributed by atoms with Crippen LogP contribution in [0.2, 0.25) is 0 Å². The second-order valence-electron chi connectivity index (χ2n) is 4.64. The summed E-state index contributed by atoms with van der Waals surface area (Å²) in [6.07, 6.45) is -7.99. The van der Waals surface area contributed by atoms with E-state index in [2.05, 4.69) is 9.47 Å². The molecule has 23 heavy (non-hydrogen) atoms. The van der Waals surface area contributed by atoms with Crippen LogP contribution >= 0.6 is 0 Å². The predicted molar refractivity (Wildman–Crippen MR) is 75.8 cm³/mol. The van der Waals surface area contributed by atoms with Gasteiger partial charge < -0.3 is 9.47 Å². The quantitative estimate of drug-likeness (QED) is 0.807. The molecule has 0 aliphatic carbocycles. The van der Waals surface area contributed by atoms with Crippen LogP contribution in [0, 0.1) is 0 Å². The second-order valence-corrected chi connectivity index (χ2v) is 4.64. The third kappa shape index (κ3) is 4.00. The molecule has 0 saturated carbocycles. The molecule has 4 nitrogen and oxygen atoms in total. The summed E-state index contributed by atoms with van der Waals surface area (Å²) in [6.45, 7) is 1.11. The van der Waals surface area contributed by atoms with Crippen LogP contribution in [0.1, 0.15) is 17.3 Å². The SMILES string of the molecule is CCOC(=O)C(OC(=O)c1ccc2ccccc2c1)C(F)(F)F. The Kier molecular flexibility index (Phi) is 4.88. The summed E-state index contributed by atoms with van der Waals surface area (Å²) in [5.74, 6) is -2.89. The monoisotopic (exact) mass is 326 g/mol. The van der Waals surface area contributed by atoms with E-state index in [9.17, 15) is 22.8 Å². The molecule has 7 heteroatoms. The highest BCUT2D eigenvalue weighted by molar-refractivity contribution is 5.96. The first-order chi connectivity index (χ1) is 10.8. The lowest BCUT2D eigenvalue weighted by atomic mass is 10.1. The molecule has 2 rings (SSSR count). The lowest BCUT2D eigenvalue weighted by Gasteiger charge is -2.19. The highest BCUT2D eigenvalue weighted by Gasteiger charge is 2.49. The maximum Gasteiger partial charge on any atom is 0.436 e. The predicted octanol–water partition coefficient (Wildman–Crippen LogP) is 3.49. The average Bonchev–Trinajstić information content (AvgIpc) is 2.51. The van der Waals surface area contributed by atoms with Crippen molar-refractivity contribution >= 4 is 22.7 Å². The van der Waals surface area contributed by atoms with E-state index >= 15 is 0 Å². The van der Waals surface area contributed by atoms with Gasteiger partial charge in [0.05, 0.1) is 12.2 Å². The first-order valence-corrected chi connectivity index (χ1v) is 6.76. The minimum absolute atomic E-state index is 0.0813. The minimum Gasteiger partial charge on any atom is -0.463 e. The largest absolute Gasteiger partial charge is 0.463 e. The van der Waals surface area contributed by atoms with Crippen molar-refractivity contribution in [2.24, 2.45) is 0 Å². The Bertz CT molecular complexity index is 725. The van der Waals surface area contributed by atoms with Gasteiger partial charge in [-0.25, -0.2) is 9.59 Å². The molecular formula is C16H13F3O4. The highest BCUT2D eigenvalue weighted by Crippen LogP contribution is 2.25. The average molecular weight is 326 g/mol. The number of hydrogen-bond acceptors (Lipinski definition) is 4. The summed E-state index contributed by atoms with van der Waals surface area (Å²) in [5, 5.41) is 1.49. The Morgan fingerprint density at radius 3 is 2.35 bits per heavy atom. The van der Waals surface area contributed by atoms with Gasteiger partial charge in [-0.15, -0.1) is 0 Å². The molecule has 0 aromatic heterocycles. The summed E-state index contributed by atoms with van der Waals surface area (Å²) in [6, 6.07) is 11.3. The van der Waals surface area contributed by atoms with Crippen molar-refractivity contribution in [1.29, 1.82) is 0 Å². The summed E-state index contributed by atoms with van der Waals surface area (Å²) in [5.41, 5.74) is -0.0813. The number of benzene rings is 2. The first-order valence-electron chi connectivity index (χ1n) is 6.76. The molecular weight excluding hydrogens is 313 g/mol. The van der Waals surface area contributed by atoms with Gasteiger partial charge in [-0.2, -0.15) is 13.2 Å². The van der Waals surface area contributed by atoms with E-state index in [1.807, 2.05) is 0 Å². The van der Waals surface area contributed by atoms with Crippen LogP contribution in [0.5, 0.6) is 0 Å². The summed E-state index contributed by atoms with van der Waals surface area (Å²) < 4.78 is 47.2. The fraction of sp³-hybridized carbons (Fsp3) is 0.250. The van der Waals surface area contributed by atoms with Crippen LogP contribution in [0.25, 0.3) is 10.8 Å². The standard InChI is InChI=1S/C16H13F3O4/c1-2-22-15(21)13(16(17,18)19)23-14(20)12-8-7-10-5-3-4-6-11(10)9-12/h3-9,13H,2H2,1H3. The molecule has 0 aliphatic rings. The van der Waals surface area contributed by atoms with Gasteiger partial charge in [0.15, 0.2) is 0 Å². The van der Waals surface area contributed by atoms with E-state index in [0.29, 0.717) is 5.39 Å². The van der Waals surface area contributed by atoms with E-state index in [0.717, 1.165) is 5.39 Å². The van der Waals surface area contributed by atoms with E-state index in [4.69, 9.17) is 0 Å². The van der Waals surface area contributed by atoms with Crippen LogP contribution in [-0.2, 0) is 14.3 Å². The molecule has 0 saturated heterocycles. The van der Waals surface area contributed by atoms with Crippen molar-refractivity contribution in [3.05, 3.63) is 48.0 Å². The number of esters is 2. The van der Waals surface area contributed by atoms with Gasteiger partial charge in [-0.05, 0) is 29.8 Å². The number of carbonyl (C=O) groups excluding carboxylic acids is 2. The maximum atomic E-state index is 12.8. The van der Waals surface area contributed by atoms with E-state index in [1.165, 1.54) is 19.1 Å². The molecule has 0 spiro atoms. The van der Waals surface area contributed by atoms with Gasteiger partial charge in [0.25, 0.3) is 6.10 Å². The topological polar surface area (TPSA) is 52.6 Å². The highest BCUT2D eigenvalue weighted by atomic mass is 19.4. The Labute approximate surface area is 129 Å². The first kappa shape index (κ1) is 16.8. The second kappa shape index (κ2) is 6.68. The summed E-state index contributed by atoms with van der Waals surface area (Å²) in [4.78, 5) is 23.3. The van der Waals surface area contributed by atoms with Gasteiger partial charge in [-0.3, -0.25) is 0 Å². The summed E-state index contributed by atoms with van der Waals surface area (Å²) >= 11 is 0. The molecule has 1 unspecified atom stereocenters. The fourth-order valence-electron chi connectivity index (χ4n) is 1.96. The van der Waals surface area contributed by atoms with Crippen molar-refractivity contribution in [2.75, 3.05) is 6.61 Å². The molecule has 0 heterocycles. The van der Waals surface area contributed by atoms with Crippen LogP contribution in [0.15, 0.2) is 42.5 Å². The number of halogens is 3. The molecule has 2 aromatic rings. The molecule has 0 N–H and O–H groups in total. The molecule has 0 amide bonds. The van der Waals surface area contributed by atoms with Crippen molar-refractivity contribution in [1.82, 2.24) is 0 Å². The zero-order valence-corrected chi connectivity index (χ0v) is 12.1.